The molecule has 1 heterocycles. The number of para-hydroxylation sites is 1. The summed E-state index contributed by atoms with van der Waals surface area (Å²) in [6, 6.07) is 9.73. The minimum Gasteiger partial charge on any atom is -0.375 e. The Hall–Kier alpha value is -1.66. The van der Waals surface area contributed by atoms with Crippen molar-refractivity contribution in [3.63, 3.8) is 0 Å². The first-order chi connectivity index (χ1) is 8.75. The SMILES string of the molecule is NC(NC(=S)Nc1ccccc1)=[N+]1CCOCC1. The summed E-state index contributed by atoms with van der Waals surface area (Å²) in [6.07, 6.45) is 0. The second-order valence-electron chi connectivity index (χ2n) is 3.93. The fraction of sp³-hybridized carbons (Fsp3) is 0.333. The van der Waals surface area contributed by atoms with E-state index in [1.54, 1.807) is 0 Å². The first-order valence-corrected chi connectivity index (χ1v) is 6.25. The molecule has 1 saturated heterocycles. The Bertz CT molecular complexity index is 439. The maximum Gasteiger partial charge on any atom is 0.350 e. The van der Waals surface area contributed by atoms with Gasteiger partial charge in [-0.05, 0) is 24.4 Å². The third-order valence-electron chi connectivity index (χ3n) is 2.63. The second-order valence-corrected chi connectivity index (χ2v) is 4.34. The van der Waals surface area contributed by atoms with Gasteiger partial charge in [-0.15, -0.1) is 0 Å². The molecule has 6 heteroatoms. The molecule has 0 aliphatic carbocycles. The van der Waals surface area contributed by atoms with Crippen LogP contribution in [0.2, 0.25) is 0 Å². The number of anilines is 1. The van der Waals surface area contributed by atoms with Crippen molar-refractivity contribution >= 4 is 29.0 Å². The summed E-state index contributed by atoms with van der Waals surface area (Å²) in [5.41, 5.74) is 6.89. The maximum absolute atomic E-state index is 5.95. The van der Waals surface area contributed by atoms with Gasteiger partial charge in [0.05, 0.1) is 26.3 Å². The molecule has 5 nitrogen and oxygen atoms in total. The van der Waals surface area contributed by atoms with E-state index >= 15 is 0 Å². The van der Waals surface area contributed by atoms with Crippen LogP contribution in [0.5, 0.6) is 0 Å². The van der Waals surface area contributed by atoms with Crippen molar-refractivity contribution in [3.8, 4) is 0 Å². The lowest BCUT2D eigenvalue weighted by Gasteiger charge is -2.16. The standard InChI is InChI=1S/C12H16N4OS/c13-11(16-6-8-17-9-7-16)15-12(18)14-10-4-2-1-3-5-10/h1-5H,6-9H2,(H3,13,14,15,18)/p+1. The van der Waals surface area contributed by atoms with E-state index in [1.807, 2.05) is 34.9 Å². The molecule has 0 amide bonds. The Balaban J connectivity index is 1.91. The summed E-state index contributed by atoms with van der Waals surface area (Å²) in [5.74, 6) is 0.562. The second kappa shape index (κ2) is 6.32. The van der Waals surface area contributed by atoms with Crippen LogP contribution in [0.15, 0.2) is 30.3 Å². The number of nitrogens with one attached hydrogen (secondary N) is 2. The van der Waals surface area contributed by atoms with Gasteiger partial charge in [-0.3, -0.25) is 10.3 Å². The molecule has 0 aromatic heterocycles. The van der Waals surface area contributed by atoms with Gasteiger partial charge in [0, 0.05) is 5.69 Å². The zero-order valence-electron chi connectivity index (χ0n) is 10.1. The van der Waals surface area contributed by atoms with Crippen LogP contribution in [-0.4, -0.2) is 42.0 Å². The summed E-state index contributed by atoms with van der Waals surface area (Å²) in [5, 5.41) is 6.55. The van der Waals surface area contributed by atoms with Crippen LogP contribution < -0.4 is 16.4 Å². The van der Waals surface area contributed by atoms with Crippen LogP contribution in [0.1, 0.15) is 0 Å². The van der Waals surface area contributed by atoms with Crippen molar-refractivity contribution in [2.24, 2.45) is 5.73 Å². The van der Waals surface area contributed by atoms with E-state index in [9.17, 15) is 0 Å². The lowest BCUT2D eigenvalue weighted by molar-refractivity contribution is -0.551. The number of rotatable bonds is 1. The van der Waals surface area contributed by atoms with Crippen LogP contribution in [0.25, 0.3) is 0 Å². The number of hydrogen-bond acceptors (Lipinski definition) is 2. The lowest BCUT2D eigenvalue weighted by Crippen LogP contribution is -2.48. The van der Waals surface area contributed by atoms with E-state index in [0.717, 1.165) is 18.8 Å². The zero-order chi connectivity index (χ0) is 12.8. The highest BCUT2D eigenvalue weighted by Gasteiger charge is 2.14. The molecular formula is C12H17N4OS+. The van der Waals surface area contributed by atoms with Crippen molar-refractivity contribution in [1.82, 2.24) is 5.32 Å². The number of hydrogen-bond donors (Lipinski definition) is 3. The topological polar surface area (TPSA) is 62.3 Å². The van der Waals surface area contributed by atoms with Crippen LogP contribution in [0.3, 0.4) is 0 Å². The first-order valence-electron chi connectivity index (χ1n) is 5.84. The number of morpholine rings is 1. The van der Waals surface area contributed by atoms with Crippen LogP contribution in [-0.2, 0) is 4.74 Å². The number of ether oxygens (including phenoxy) is 1. The number of nitrogens with zero attached hydrogens (tertiary/aromatic N) is 1. The van der Waals surface area contributed by atoms with Crippen molar-refractivity contribution in [2.75, 3.05) is 31.6 Å². The van der Waals surface area contributed by atoms with Gasteiger partial charge in [0.2, 0.25) is 5.11 Å². The van der Waals surface area contributed by atoms with Gasteiger partial charge in [-0.25, -0.2) is 5.32 Å². The molecular weight excluding hydrogens is 248 g/mol. The average Bonchev–Trinajstić information content (AvgIpc) is 2.40. The molecule has 0 spiro atoms. The Kier molecular flexibility index (Phi) is 4.49. The average molecular weight is 265 g/mol. The Morgan fingerprint density at radius 3 is 2.56 bits per heavy atom. The van der Waals surface area contributed by atoms with Gasteiger partial charge in [-0.2, -0.15) is 0 Å². The fourth-order valence-electron chi connectivity index (χ4n) is 1.68. The highest BCUT2D eigenvalue weighted by atomic mass is 32.1. The molecule has 1 aromatic carbocycles. The minimum atomic E-state index is 0.491. The highest BCUT2D eigenvalue weighted by molar-refractivity contribution is 7.80. The minimum absolute atomic E-state index is 0.491. The van der Waals surface area contributed by atoms with Crippen molar-refractivity contribution < 1.29 is 9.31 Å². The molecule has 0 saturated carbocycles. The van der Waals surface area contributed by atoms with Gasteiger partial charge in [0.15, 0.2) is 0 Å². The molecule has 0 unspecified atom stereocenters. The quantitative estimate of drug-likeness (QED) is 0.388. The summed E-state index contributed by atoms with van der Waals surface area (Å²) < 4.78 is 7.28. The zero-order valence-corrected chi connectivity index (χ0v) is 10.9. The summed E-state index contributed by atoms with van der Waals surface area (Å²) >= 11 is 5.20. The van der Waals surface area contributed by atoms with E-state index in [-0.39, 0.29) is 0 Å². The molecule has 1 fully saturated rings. The number of guanidine groups is 1. The van der Waals surface area contributed by atoms with E-state index in [2.05, 4.69) is 10.6 Å². The largest absolute Gasteiger partial charge is 0.375 e. The van der Waals surface area contributed by atoms with Gasteiger partial charge in [-0.1, -0.05) is 18.2 Å². The van der Waals surface area contributed by atoms with Crippen molar-refractivity contribution in [3.05, 3.63) is 30.3 Å². The van der Waals surface area contributed by atoms with Crippen LogP contribution in [0, 0.1) is 0 Å². The molecule has 1 aromatic rings. The van der Waals surface area contributed by atoms with E-state index < -0.39 is 0 Å². The summed E-state index contributed by atoms with van der Waals surface area (Å²) in [4.78, 5) is 0. The normalized spacial score (nSPS) is 15.0. The van der Waals surface area contributed by atoms with Crippen molar-refractivity contribution in [1.29, 1.82) is 0 Å². The monoisotopic (exact) mass is 265 g/mol. The highest BCUT2D eigenvalue weighted by Crippen LogP contribution is 2.04. The summed E-state index contributed by atoms with van der Waals surface area (Å²) in [6.45, 7) is 2.96. The van der Waals surface area contributed by atoms with Crippen LogP contribution in [0.4, 0.5) is 5.69 Å². The smallest absolute Gasteiger partial charge is 0.350 e. The molecule has 0 radical (unpaired) electrons. The number of benzene rings is 1. The maximum atomic E-state index is 5.95. The molecule has 4 N–H and O–H groups in total. The van der Waals surface area contributed by atoms with E-state index in [1.165, 1.54) is 0 Å². The molecule has 18 heavy (non-hydrogen) atoms. The molecule has 2 rings (SSSR count). The third-order valence-corrected chi connectivity index (χ3v) is 2.83. The summed E-state index contributed by atoms with van der Waals surface area (Å²) in [7, 11) is 0. The lowest BCUT2D eigenvalue weighted by atomic mass is 10.3. The number of thiocarbonyl (C=S) groups is 1. The van der Waals surface area contributed by atoms with E-state index in [0.29, 0.717) is 24.3 Å². The van der Waals surface area contributed by atoms with Crippen molar-refractivity contribution in [2.45, 2.75) is 0 Å². The van der Waals surface area contributed by atoms with Gasteiger partial charge >= 0.3 is 5.96 Å². The van der Waals surface area contributed by atoms with Crippen LogP contribution >= 0.6 is 12.2 Å². The Morgan fingerprint density at radius 2 is 1.89 bits per heavy atom. The molecule has 0 atom stereocenters. The van der Waals surface area contributed by atoms with E-state index in [4.69, 9.17) is 22.7 Å². The third kappa shape index (κ3) is 3.68. The van der Waals surface area contributed by atoms with Gasteiger partial charge in [0.25, 0.3) is 0 Å². The molecule has 0 bridgehead atoms. The van der Waals surface area contributed by atoms with Gasteiger partial charge < -0.3 is 10.1 Å². The molecule has 1 aliphatic rings. The Morgan fingerprint density at radius 1 is 1.22 bits per heavy atom. The molecule has 1 aliphatic heterocycles. The van der Waals surface area contributed by atoms with Gasteiger partial charge in [0.1, 0.15) is 0 Å². The predicted octanol–water partition coefficient (Wildman–Crippen LogP) is 0.330. The first kappa shape index (κ1) is 12.8. The predicted molar refractivity (Wildman–Crippen MR) is 75.8 cm³/mol. The molecule has 96 valence electrons. The fourth-order valence-corrected chi connectivity index (χ4v) is 1.91. The number of nitrogens with two attached hydrogens (primary N) is 1. The Labute approximate surface area is 112 Å².